The Bertz CT molecular complexity index is 1150. The van der Waals surface area contributed by atoms with E-state index in [1.165, 1.54) is 0 Å². The molecule has 1 amide bonds. The lowest BCUT2D eigenvalue weighted by Gasteiger charge is -2.09. The Morgan fingerprint density at radius 1 is 1.10 bits per heavy atom. The van der Waals surface area contributed by atoms with E-state index >= 15 is 0 Å². The number of carbonyl (C=O) groups excluding carboxylic acids is 1. The van der Waals surface area contributed by atoms with Crippen molar-refractivity contribution in [1.29, 1.82) is 0 Å². The second-order valence-electron chi connectivity index (χ2n) is 7.95. The van der Waals surface area contributed by atoms with Crippen molar-refractivity contribution in [2.24, 2.45) is 0 Å². The molecule has 1 N–H and O–H groups in total. The Morgan fingerprint density at radius 3 is 2.55 bits per heavy atom. The molecule has 0 aliphatic rings. The van der Waals surface area contributed by atoms with E-state index in [-0.39, 0.29) is 29.2 Å². The smallest absolute Gasteiger partial charge is 0.239 e. The third kappa shape index (κ3) is 5.95. The lowest BCUT2D eigenvalue weighted by Crippen LogP contribution is -2.29. The average Bonchev–Trinajstić information content (AvgIpc) is 3.09. The molecule has 7 heteroatoms. The van der Waals surface area contributed by atoms with Crippen LogP contribution in [-0.2, 0) is 31.7 Å². The third-order valence-electron chi connectivity index (χ3n) is 5.10. The molecule has 1 heterocycles. The number of hydrogen-bond acceptors (Lipinski definition) is 4. The summed E-state index contributed by atoms with van der Waals surface area (Å²) in [6.45, 7) is 7.02. The van der Waals surface area contributed by atoms with Gasteiger partial charge in [-0.05, 0) is 44.4 Å². The van der Waals surface area contributed by atoms with E-state index in [9.17, 15) is 13.2 Å². The first kappa shape index (κ1) is 23.0. The van der Waals surface area contributed by atoms with Crippen molar-refractivity contribution in [3.8, 4) is 0 Å². The molecular formula is C24H30N2O4S. The Kier molecular flexibility index (Phi) is 7.51. The summed E-state index contributed by atoms with van der Waals surface area (Å²) in [6.07, 6.45) is 2.48. The van der Waals surface area contributed by atoms with Crippen LogP contribution >= 0.6 is 0 Å². The number of sulfone groups is 1. The lowest BCUT2D eigenvalue weighted by atomic mass is 10.1. The minimum Gasteiger partial charge on any atom is -0.379 e. The molecule has 1 aromatic heterocycles. The van der Waals surface area contributed by atoms with Crippen LogP contribution in [0.15, 0.2) is 59.6 Å². The molecule has 0 aliphatic carbocycles. The Morgan fingerprint density at radius 2 is 1.81 bits per heavy atom. The quantitative estimate of drug-likeness (QED) is 0.484. The fourth-order valence-corrected chi connectivity index (χ4v) is 5.16. The van der Waals surface area contributed by atoms with E-state index in [0.717, 1.165) is 23.1 Å². The number of rotatable bonds is 10. The number of ether oxygens (including phenoxy) is 1. The highest BCUT2D eigenvalue weighted by molar-refractivity contribution is 7.90. The van der Waals surface area contributed by atoms with Crippen molar-refractivity contribution in [1.82, 2.24) is 9.88 Å². The van der Waals surface area contributed by atoms with Crippen LogP contribution in [-0.4, -0.2) is 38.1 Å². The van der Waals surface area contributed by atoms with Gasteiger partial charge in [-0.2, -0.15) is 0 Å². The fourth-order valence-electron chi connectivity index (χ4n) is 3.48. The van der Waals surface area contributed by atoms with E-state index in [4.69, 9.17) is 4.74 Å². The lowest BCUT2D eigenvalue weighted by molar-refractivity contribution is -0.121. The van der Waals surface area contributed by atoms with Crippen LogP contribution in [0.25, 0.3) is 10.9 Å². The van der Waals surface area contributed by atoms with E-state index < -0.39 is 9.84 Å². The minimum atomic E-state index is -3.58. The molecule has 0 unspecified atom stereocenters. The summed E-state index contributed by atoms with van der Waals surface area (Å²) in [7, 11) is -3.58. The molecule has 0 aliphatic heterocycles. The molecule has 0 fully saturated rings. The average molecular weight is 443 g/mol. The van der Waals surface area contributed by atoms with Crippen LogP contribution in [0.2, 0.25) is 0 Å². The minimum absolute atomic E-state index is 0.0609. The predicted molar refractivity (Wildman–Crippen MR) is 123 cm³/mol. The van der Waals surface area contributed by atoms with Gasteiger partial charge in [0, 0.05) is 30.3 Å². The van der Waals surface area contributed by atoms with Gasteiger partial charge in [-0.25, -0.2) is 8.42 Å². The van der Waals surface area contributed by atoms with Crippen LogP contribution < -0.4 is 5.32 Å². The number of amides is 1. The molecule has 166 valence electrons. The van der Waals surface area contributed by atoms with Crippen molar-refractivity contribution >= 4 is 26.6 Å². The zero-order valence-electron chi connectivity index (χ0n) is 18.3. The maximum Gasteiger partial charge on any atom is 0.239 e. The molecule has 2 aromatic carbocycles. The Hall–Kier alpha value is -2.64. The number of carbonyl (C=O) groups is 1. The van der Waals surface area contributed by atoms with Crippen LogP contribution in [0, 0.1) is 6.92 Å². The van der Waals surface area contributed by atoms with E-state index in [1.807, 2.05) is 63.2 Å². The van der Waals surface area contributed by atoms with Crippen molar-refractivity contribution < 1.29 is 17.9 Å². The highest BCUT2D eigenvalue weighted by atomic mass is 32.2. The SMILES string of the molecule is Cc1ccccc1CS(=O)(=O)c1cn(CC(=O)NCCCOC(C)C)c2ccccc12. The Labute approximate surface area is 184 Å². The van der Waals surface area contributed by atoms with Crippen molar-refractivity contribution in [2.75, 3.05) is 13.2 Å². The summed E-state index contributed by atoms with van der Waals surface area (Å²) < 4.78 is 33.7. The predicted octanol–water partition coefficient (Wildman–Crippen LogP) is 3.85. The fraction of sp³-hybridized carbons (Fsp3) is 0.375. The van der Waals surface area contributed by atoms with Gasteiger partial charge in [0.2, 0.25) is 5.91 Å². The maximum atomic E-state index is 13.2. The number of hydrogen-bond donors (Lipinski definition) is 1. The summed E-state index contributed by atoms with van der Waals surface area (Å²) >= 11 is 0. The van der Waals surface area contributed by atoms with Crippen molar-refractivity contribution in [2.45, 2.75) is 50.5 Å². The molecule has 0 atom stereocenters. The van der Waals surface area contributed by atoms with Gasteiger partial charge in [0.1, 0.15) is 6.54 Å². The van der Waals surface area contributed by atoms with Gasteiger partial charge >= 0.3 is 0 Å². The number of benzene rings is 2. The van der Waals surface area contributed by atoms with Gasteiger partial charge in [0.05, 0.1) is 16.8 Å². The van der Waals surface area contributed by atoms with Crippen LogP contribution in [0.4, 0.5) is 0 Å². The molecule has 0 bridgehead atoms. The summed E-state index contributed by atoms with van der Waals surface area (Å²) in [6, 6.07) is 14.8. The molecule has 0 saturated carbocycles. The monoisotopic (exact) mass is 442 g/mol. The molecule has 0 radical (unpaired) electrons. The van der Waals surface area contributed by atoms with Gasteiger partial charge in [-0.3, -0.25) is 4.79 Å². The zero-order valence-corrected chi connectivity index (χ0v) is 19.1. The highest BCUT2D eigenvalue weighted by Crippen LogP contribution is 2.28. The first-order valence-electron chi connectivity index (χ1n) is 10.5. The van der Waals surface area contributed by atoms with Crippen molar-refractivity contribution in [3.63, 3.8) is 0 Å². The first-order valence-corrected chi connectivity index (χ1v) is 12.2. The molecule has 0 saturated heterocycles. The molecule has 3 aromatic rings. The van der Waals surface area contributed by atoms with Gasteiger partial charge in [0.15, 0.2) is 9.84 Å². The number of aromatic nitrogens is 1. The van der Waals surface area contributed by atoms with Crippen LogP contribution in [0.5, 0.6) is 0 Å². The molecule has 0 spiro atoms. The largest absolute Gasteiger partial charge is 0.379 e. The van der Waals surface area contributed by atoms with Gasteiger partial charge in [-0.15, -0.1) is 0 Å². The molecule has 3 rings (SSSR count). The standard InChI is InChI=1S/C24H30N2O4S/c1-18(2)30-14-8-13-25-24(27)16-26-15-23(21-11-6-7-12-22(21)26)31(28,29)17-20-10-5-4-9-19(20)3/h4-7,9-12,15,18H,8,13-14,16-17H2,1-3H3,(H,25,27). The second-order valence-corrected chi connectivity index (χ2v) is 9.91. The van der Waals surface area contributed by atoms with Gasteiger partial charge in [0.25, 0.3) is 0 Å². The van der Waals surface area contributed by atoms with E-state index in [0.29, 0.717) is 18.5 Å². The summed E-state index contributed by atoms with van der Waals surface area (Å²) in [5, 5.41) is 3.51. The van der Waals surface area contributed by atoms with E-state index in [2.05, 4.69) is 5.32 Å². The highest BCUT2D eigenvalue weighted by Gasteiger charge is 2.23. The van der Waals surface area contributed by atoms with Gasteiger partial charge < -0.3 is 14.6 Å². The number of aryl methyl sites for hydroxylation is 1. The first-order chi connectivity index (χ1) is 14.8. The summed E-state index contributed by atoms with van der Waals surface area (Å²) in [4.78, 5) is 12.7. The summed E-state index contributed by atoms with van der Waals surface area (Å²) in [5.41, 5.74) is 2.44. The second kappa shape index (κ2) is 10.1. The van der Waals surface area contributed by atoms with E-state index in [1.54, 1.807) is 16.8 Å². The number of nitrogens with one attached hydrogen (secondary N) is 1. The maximum absolute atomic E-state index is 13.2. The van der Waals surface area contributed by atoms with Crippen LogP contribution in [0.1, 0.15) is 31.4 Å². The Balaban J connectivity index is 1.77. The normalized spacial score (nSPS) is 11.9. The number of nitrogens with zero attached hydrogens (tertiary/aromatic N) is 1. The summed E-state index contributed by atoms with van der Waals surface area (Å²) in [5.74, 6) is -0.233. The van der Waals surface area contributed by atoms with Crippen LogP contribution in [0.3, 0.4) is 0 Å². The number of para-hydroxylation sites is 1. The molecule has 6 nitrogen and oxygen atoms in total. The third-order valence-corrected chi connectivity index (χ3v) is 6.79. The zero-order chi connectivity index (χ0) is 22.4. The molecular weight excluding hydrogens is 412 g/mol. The van der Waals surface area contributed by atoms with Crippen molar-refractivity contribution in [3.05, 3.63) is 65.9 Å². The topological polar surface area (TPSA) is 77.4 Å². The van der Waals surface area contributed by atoms with Gasteiger partial charge in [-0.1, -0.05) is 42.5 Å². The molecule has 31 heavy (non-hydrogen) atoms. The number of fused-ring (bicyclic) bond motifs is 1.